The number of nitrogens with two attached hydrogens (primary N) is 1. The lowest BCUT2D eigenvalue weighted by Crippen LogP contribution is -2.12. The van der Waals surface area contributed by atoms with Gasteiger partial charge in [0.15, 0.2) is 0 Å². The van der Waals surface area contributed by atoms with Crippen LogP contribution in [0.1, 0.15) is 15.9 Å². The number of aliphatic carboxylic acids is 1. The fourth-order valence-electron chi connectivity index (χ4n) is 2.46. The van der Waals surface area contributed by atoms with Gasteiger partial charge in [-0.25, -0.2) is 4.79 Å². The number of anilines is 3. The summed E-state index contributed by atoms with van der Waals surface area (Å²) in [6.07, 6.45) is 2.39. The van der Waals surface area contributed by atoms with E-state index in [9.17, 15) is 9.59 Å². The number of para-hydroxylation sites is 1. The first-order chi connectivity index (χ1) is 14.0. The van der Waals surface area contributed by atoms with Gasteiger partial charge in [0, 0.05) is 33.6 Å². The highest BCUT2D eigenvalue weighted by atomic mass is 32.2. The third-order valence-electron chi connectivity index (χ3n) is 3.93. The second-order valence-electron chi connectivity index (χ2n) is 6.06. The van der Waals surface area contributed by atoms with Gasteiger partial charge in [-0.15, -0.1) is 0 Å². The molecule has 6 nitrogen and oxygen atoms in total. The quantitative estimate of drug-likeness (QED) is 0.257. The first kappa shape index (κ1) is 20.0. The average molecular weight is 405 g/mol. The Balaban J connectivity index is 1.60. The molecule has 5 N–H and O–H groups in total. The van der Waals surface area contributed by atoms with Crippen LogP contribution >= 0.6 is 11.9 Å². The Morgan fingerprint density at radius 3 is 2.31 bits per heavy atom. The molecule has 0 radical (unpaired) electrons. The Morgan fingerprint density at radius 1 is 0.931 bits per heavy atom. The maximum atomic E-state index is 12.4. The molecular weight excluding hydrogens is 386 g/mol. The van der Waals surface area contributed by atoms with Crippen LogP contribution in [0.25, 0.3) is 6.08 Å². The molecule has 0 aliphatic heterocycles. The van der Waals surface area contributed by atoms with Crippen molar-refractivity contribution in [3.8, 4) is 0 Å². The van der Waals surface area contributed by atoms with Crippen molar-refractivity contribution < 1.29 is 14.7 Å². The van der Waals surface area contributed by atoms with Crippen molar-refractivity contribution in [2.75, 3.05) is 15.8 Å². The molecule has 3 aromatic rings. The molecule has 146 valence electrons. The summed E-state index contributed by atoms with van der Waals surface area (Å²) in [5, 5.41) is 11.5. The number of amides is 1. The maximum absolute atomic E-state index is 12.4. The summed E-state index contributed by atoms with van der Waals surface area (Å²) >= 11 is 1.48. The third kappa shape index (κ3) is 5.88. The maximum Gasteiger partial charge on any atom is 0.328 e. The Kier molecular flexibility index (Phi) is 6.55. The normalized spacial score (nSPS) is 10.6. The predicted octanol–water partition coefficient (Wildman–Crippen LogP) is 4.74. The second kappa shape index (κ2) is 9.48. The van der Waals surface area contributed by atoms with Gasteiger partial charge in [-0.2, -0.15) is 0 Å². The topological polar surface area (TPSA) is 104 Å². The third-order valence-corrected chi connectivity index (χ3v) is 4.77. The van der Waals surface area contributed by atoms with Gasteiger partial charge in [0.2, 0.25) is 0 Å². The Morgan fingerprint density at radius 2 is 1.66 bits per heavy atom. The molecule has 0 aliphatic rings. The summed E-state index contributed by atoms with van der Waals surface area (Å²) in [5.74, 6) is -1.36. The van der Waals surface area contributed by atoms with E-state index in [2.05, 4.69) is 10.0 Å². The van der Waals surface area contributed by atoms with Crippen LogP contribution in [0.5, 0.6) is 0 Å². The lowest BCUT2D eigenvalue weighted by Gasteiger charge is -2.09. The summed E-state index contributed by atoms with van der Waals surface area (Å²) in [4.78, 5) is 24.1. The van der Waals surface area contributed by atoms with Gasteiger partial charge in [0.1, 0.15) is 0 Å². The van der Waals surface area contributed by atoms with Gasteiger partial charge in [-0.05, 0) is 72.1 Å². The SMILES string of the molecule is Nc1cc(C(=O)Nc2ccc(SNc3ccccc3)cc2)ccc1/C=C/C(=O)O. The molecule has 7 heteroatoms. The minimum Gasteiger partial charge on any atom is -0.478 e. The molecule has 0 unspecified atom stereocenters. The molecule has 0 saturated heterocycles. The molecule has 29 heavy (non-hydrogen) atoms. The minimum atomic E-state index is -1.06. The van der Waals surface area contributed by atoms with Gasteiger partial charge < -0.3 is 20.9 Å². The molecule has 0 aliphatic carbocycles. The van der Waals surface area contributed by atoms with Gasteiger partial charge in [-0.1, -0.05) is 24.3 Å². The largest absolute Gasteiger partial charge is 0.478 e. The van der Waals surface area contributed by atoms with Gasteiger partial charge in [-0.3, -0.25) is 4.79 Å². The van der Waals surface area contributed by atoms with Gasteiger partial charge in [0.05, 0.1) is 0 Å². The van der Waals surface area contributed by atoms with Crippen molar-refractivity contribution in [3.63, 3.8) is 0 Å². The number of nitrogen functional groups attached to an aromatic ring is 1. The number of hydrogen-bond acceptors (Lipinski definition) is 5. The highest BCUT2D eigenvalue weighted by Crippen LogP contribution is 2.23. The van der Waals surface area contributed by atoms with E-state index in [1.54, 1.807) is 12.1 Å². The van der Waals surface area contributed by atoms with E-state index in [-0.39, 0.29) is 5.91 Å². The van der Waals surface area contributed by atoms with Crippen molar-refractivity contribution in [1.82, 2.24) is 0 Å². The monoisotopic (exact) mass is 405 g/mol. The number of nitrogens with one attached hydrogen (secondary N) is 2. The zero-order valence-electron chi connectivity index (χ0n) is 15.3. The van der Waals surface area contributed by atoms with Crippen molar-refractivity contribution >= 4 is 47.0 Å². The molecule has 0 spiro atoms. The van der Waals surface area contributed by atoms with E-state index >= 15 is 0 Å². The van der Waals surface area contributed by atoms with Crippen molar-refractivity contribution in [2.45, 2.75) is 4.90 Å². The number of rotatable bonds is 7. The first-order valence-corrected chi connectivity index (χ1v) is 9.53. The predicted molar refractivity (Wildman–Crippen MR) is 118 cm³/mol. The summed E-state index contributed by atoms with van der Waals surface area (Å²) in [6.45, 7) is 0. The number of carboxylic acids is 1. The molecule has 0 heterocycles. The summed E-state index contributed by atoms with van der Waals surface area (Å²) in [7, 11) is 0. The molecule has 1 amide bonds. The Hall–Kier alpha value is -3.71. The standard InChI is InChI=1S/C22H19N3O3S/c23-20-14-16(7-6-15(20)8-13-21(26)27)22(28)24-17-9-11-19(12-10-17)29-25-18-4-2-1-3-5-18/h1-14,25H,23H2,(H,24,28)(H,26,27)/b13-8+. The molecular formula is C22H19N3O3S. The van der Waals surface area contributed by atoms with E-state index in [1.807, 2.05) is 54.6 Å². The number of carbonyl (C=O) groups is 2. The van der Waals surface area contributed by atoms with Gasteiger partial charge >= 0.3 is 5.97 Å². The van der Waals surface area contributed by atoms with Crippen LogP contribution < -0.4 is 15.8 Å². The number of carbonyl (C=O) groups excluding carboxylic acids is 1. The molecule has 0 saturated carbocycles. The van der Waals surface area contributed by atoms with E-state index in [0.29, 0.717) is 22.5 Å². The Labute approximate surface area is 172 Å². The van der Waals surface area contributed by atoms with E-state index in [4.69, 9.17) is 10.8 Å². The van der Waals surface area contributed by atoms with Crippen LogP contribution in [0.3, 0.4) is 0 Å². The fraction of sp³-hybridized carbons (Fsp3) is 0. The summed E-state index contributed by atoms with van der Waals surface area (Å²) < 4.78 is 3.25. The molecule has 0 aromatic heterocycles. The zero-order chi connectivity index (χ0) is 20.6. The fourth-order valence-corrected chi connectivity index (χ4v) is 3.11. The van der Waals surface area contributed by atoms with Crippen LogP contribution in [0.4, 0.5) is 17.1 Å². The van der Waals surface area contributed by atoms with Crippen LogP contribution in [-0.2, 0) is 4.79 Å². The highest BCUT2D eigenvalue weighted by Gasteiger charge is 2.08. The first-order valence-electron chi connectivity index (χ1n) is 8.71. The molecule has 3 aromatic carbocycles. The van der Waals surface area contributed by atoms with Gasteiger partial charge in [0.25, 0.3) is 5.91 Å². The van der Waals surface area contributed by atoms with Crippen LogP contribution in [0, 0.1) is 0 Å². The number of carboxylic acid groups (broad SMARTS) is 1. The number of hydrogen-bond donors (Lipinski definition) is 4. The van der Waals surface area contributed by atoms with Crippen molar-refractivity contribution in [3.05, 3.63) is 90.0 Å². The molecule has 0 bridgehead atoms. The van der Waals surface area contributed by atoms with E-state index < -0.39 is 5.97 Å². The van der Waals surface area contributed by atoms with E-state index in [1.165, 1.54) is 24.1 Å². The summed E-state index contributed by atoms with van der Waals surface area (Å²) in [6, 6.07) is 22.0. The second-order valence-corrected chi connectivity index (χ2v) is 6.94. The molecule has 3 rings (SSSR count). The van der Waals surface area contributed by atoms with Crippen molar-refractivity contribution in [2.24, 2.45) is 0 Å². The average Bonchev–Trinajstić information content (AvgIpc) is 2.73. The van der Waals surface area contributed by atoms with Crippen LogP contribution in [-0.4, -0.2) is 17.0 Å². The minimum absolute atomic E-state index is 0.298. The number of benzene rings is 3. The van der Waals surface area contributed by atoms with Crippen molar-refractivity contribution in [1.29, 1.82) is 0 Å². The van der Waals surface area contributed by atoms with Crippen LogP contribution in [0.15, 0.2) is 83.8 Å². The van der Waals surface area contributed by atoms with E-state index in [0.717, 1.165) is 16.7 Å². The Bertz CT molecular complexity index is 1030. The molecule has 0 fully saturated rings. The lowest BCUT2D eigenvalue weighted by atomic mass is 10.1. The lowest BCUT2D eigenvalue weighted by molar-refractivity contribution is -0.131. The smallest absolute Gasteiger partial charge is 0.328 e. The van der Waals surface area contributed by atoms with Crippen LogP contribution in [0.2, 0.25) is 0 Å². The molecule has 0 atom stereocenters. The zero-order valence-corrected chi connectivity index (χ0v) is 16.1. The highest BCUT2D eigenvalue weighted by molar-refractivity contribution is 8.00. The summed E-state index contributed by atoms with van der Waals surface area (Å²) in [5.41, 5.74) is 8.83.